The second-order valence-electron chi connectivity index (χ2n) is 4.00. The highest BCUT2D eigenvalue weighted by Crippen LogP contribution is 2.27. The van der Waals surface area contributed by atoms with E-state index in [1.165, 1.54) is 11.7 Å². The molecule has 0 aliphatic heterocycles. The highest BCUT2D eigenvalue weighted by atomic mass is 35.5. The van der Waals surface area contributed by atoms with E-state index in [4.69, 9.17) is 21.4 Å². The Balaban J connectivity index is 2.34. The summed E-state index contributed by atoms with van der Waals surface area (Å²) in [6, 6.07) is 5.16. The number of benzene rings is 1. The van der Waals surface area contributed by atoms with E-state index in [2.05, 4.69) is 10.2 Å². The predicted octanol–water partition coefficient (Wildman–Crippen LogP) is 1.46. The zero-order valence-electron chi connectivity index (χ0n) is 11.0. The van der Waals surface area contributed by atoms with Crippen LogP contribution in [0.25, 0.3) is 0 Å². The number of H-pyrrole nitrogens is 1. The maximum absolute atomic E-state index is 11.8. The molecule has 9 heteroatoms. The van der Waals surface area contributed by atoms with Gasteiger partial charge in [-0.25, -0.2) is 9.89 Å². The first-order chi connectivity index (χ1) is 10.0. The van der Waals surface area contributed by atoms with E-state index >= 15 is 0 Å². The lowest BCUT2D eigenvalue weighted by molar-refractivity contribution is -0.133. The van der Waals surface area contributed by atoms with Gasteiger partial charge in [-0.15, -0.1) is 5.10 Å². The number of aromatic nitrogens is 3. The average Bonchev–Trinajstić information content (AvgIpc) is 2.79. The zero-order valence-corrected chi connectivity index (χ0v) is 12.6. The van der Waals surface area contributed by atoms with E-state index in [1.54, 1.807) is 18.2 Å². The molecule has 1 aromatic heterocycles. The van der Waals surface area contributed by atoms with Crippen molar-refractivity contribution in [2.45, 2.75) is 11.7 Å². The van der Waals surface area contributed by atoms with Gasteiger partial charge in [0.05, 0.1) is 19.4 Å². The number of ether oxygens (including phenoxy) is 1. The number of hydrogen-bond acceptors (Lipinski definition) is 5. The monoisotopic (exact) mass is 329 g/mol. The smallest absolute Gasteiger partial charge is 0.344 e. The number of carbonyl (C=O) groups is 1. The van der Waals surface area contributed by atoms with Crippen LogP contribution in [0.2, 0.25) is 5.02 Å². The molecule has 7 nitrogen and oxygen atoms in total. The Morgan fingerprint density at radius 3 is 3.00 bits per heavy atom. The fourth-order valence-corrected chi connectivity index (χ4v) is 2.61. The van der Waals surface area contributed by atoms with E-state index in [1.807, 2.05) is 0 Å². The largest absolute Gasteiger partial charge is 0.496 e. The number of aliphatic carboxylic acids is 1. The topological polar surface area (TPSA) is 97.2 Å². The number of carboxylic acid groups (broad SMARTS) is 1. The number of thioether (sulfide) groups is 1. The molecule has 0 spiro atoms. The molecule has 0 aliphatic carbocycles. The van der Waals surface area contributed by atoms with Crippen molar-refractivity contribution in [3.05, 3.63) is 39.3 Å². The van der Waals surface area contributed by atoms with Crippen molar-refractivity contribution in [1.29, 1.82) is 0 Å². The minimum absolute atomic E-state index is 0.139. The lowest BCUT2D eigenvalue weighted by atomic mass is 10.2. The molecule has 1 heterocycles. The number of nitrogens with zero attached hydrogens (tertiary/aromatic N) is 2. The highest BCUT2D eigenvalue weighted by molar-refractivity contribution is 7.99. The van der Waals surface area contributed by atoms with Crippen LogP contribution in [0, 0.1) is 0 Å². The van der Waals surface area contributed by atoms with Gasteiger partial charge in [-0.05, 0) is 12.1 Å². The van der Waals surface area contributed by atoms with Gasteiger partial charge in [0.15, 0.2) is 5.16 Å². The maximum atomic E-state index is 11.8. The van der Waals surface area contributed by atoms with Crippen molar-refractivity contribution in [2.24, 2.45) is 0 Å². The van der Waals surface area contributed by atoms with Crippen LogP contribution in [0.15, 0.2) is 28.2 Å². The molecule has 0 saturated heterocycles. The van der Waals surface area contributed by atoms with E-state index in [9.17, 15) is 9.59 Å². The third kappa shape index (κ3) is 3.59. The van der Waals surface area contributed by atoms with Crippen molar-refractivity contribution in [2.75, 3.05) is 12.9 Å². The number of hydrogen-bond donors (Lipinski definition) is 2. The Labute approximate surface area is 128 Å². The highest BCUT2D eigenvalue weighted by Gasteiger charge is 2.15. The Morgan fingerprint density at radius 2 is 2.33 bits per heavy atom. The average molecular weight is 330 g/mol. The molecular formula is C12H12ClN3O4S. The Kier molecular flexibility index (Phi) is 4.92. The number of nitrogens with one attached hydrogen (secondary N) is 1. The van der Waals surface area contributed by atoms with Gasteiger partial charge in [-0.3, -0.25) is 9.36 Å². The molecule has 0 atom stereocenters. The summed E-state index contributed by atoms with van der Waals surface area (Å²) in [6.07, 6.45) is 0. The van der Waals surface area contributed by atoms with Gasteiger partial charge in [0.25, 0.3) is 0 Å². The quantitative estimate of drug-likeness (QED) is 0.779. The van der Waals surface area contributed by atoms with Gasteiger partial charge >= 0.3 is 11.7 Å². The van der Waals surface area contributed by atoms with Crippen molar-refractivity contribution in [3.63, 3.8) is 0 Å². The molecule has 0 aliphatic rings. The van der Waals surface area contributed by atoms with E-state index in [0.717, 1.165) is 11.8 Å². The second-order valence-corrected chi connectivity index (χ2v) is 5.35. The summed E-state index contributed by atoms with van der Waals surface area (Å²) in [6.45, 7) is 0.139. The normalized spacial score (nSPS) is 10.6. The van der Waals surface area contributed by atoms with Gasteiger partial charge in [-0.1, -0.05) is 29.4 Å². The molecule has 0 bridgehead atoms. The SMILES string of the molecule is COc1cccc(Cl)c1Cn1c(SCC(=O)O)n[nH]c1=O. The molecule has 1 aromatic carbocycles. The second kappa shape index (κ2) is 6.68. The first kappa shape index (κ1) is 15.5. The fourth-order valence-electron chi connectivity index (χ4n) is 1.72. The minimum atomic E-state index is -0.989. The summed E-state index contributed by atoms with van der Waals surface area (Å²) < 4.78 is 6.54. The van der Waals surface area contributed by atoms with Crippen molar-refractivity contribution < 1.29 is 14.6 Å². The summed E-state index contributed by atoms with van der Waals surface area (Å²) in [4.78, 5) is 22.4. The summed E-state index contributed by atoms with van der Waals surface area (Å²) in [5, 5.41) is 15.5. The van der Waals surface area contributed by atoms with Crippen molar-refractivity contribution in [3.8, 4) is 5.75 Å². The molecule has 2 rings (SSSR count). The molecule has 21 heavy (non-hydrogen) atoms. The number of rotatable bonds is 6. The summed E-state index contributed by atoms with van der Waals surface area (Å²) in [5.74, 6) is -0.633. The third-order valence-electron chi connectivity index (χ3n) is 2.66. The molecular weight excluding hydrogens is 318 g/mol. The molecule has 2 N–H and O–H groups in total. The predicted molar refractivity (Wildman–Crippen MR) is 78.3 cm³/mol. The fraction of sp³-hybridized carbons (Fsp3) is 0.250. The van der Waals surface area contributed by atoms with Gasteiger partial charge < -0.3 is 9.84 Å². The van der Waals surface area contributed by atoms with E-state index < -0.39 is 11.7 Å². The minimum Gasteiger partial charge on any atom is -0.496 e. The van der Waals surface area contributed by atoms with E-state index in [-0.39, 0.29) is 17.5 Å². The van der Waals surface area contributed by atoms with Gasteiger partial charge in [-0.2, -0.15) is 0 Å². The summed E-state index contributed by atoms with van der Waals surface area (Å²) in [5.41, 5.74) is 0.187. The summed E-state index contributed by atoms with van der Waals surface area (Å²) >= 11 is 7.08. The lowest BCUT2D eigenvalue weighted by Crippen LogP contribution is -2.19. The Bertz CT molecular complexity index is 713. The number of aromatic amines is 1. The van der Waals surface area contributed by atoms with Crippen LogP contribution in [0.1, 0.15) is 5.56 Å². The number of halogens is 1. The molecule has 0 unspecified atom stereocenters. The first-order valence-corrected chi connectivity index (χ1v) is 7.20. The van der Waals surface area contributed by atoms with Crippen LogP contribution in [0.4, 0.5) is 0 Å². The number of carboxylic acids is 1. The van der Waals surface area contributed by atoms with Gasteiger partial charge in [0, 0.05) is 10.6 Å². The molecule has 2 aromatic rings. The summed E-state index contributed by atoms with van der Waals surface area (Å²) in [7, 11) is 1.51. The molecule has 0 saturated carbocycles. The zero-order chi connectivity index (χ0) is 15.4. The molecule has 0 fully saturated rings. The first-order valence-electron chi connectivity index (χ1n) is 5.84. The lowest BCUT2D eigenvalue weighted by Gasteiger charge is -2.11. The Morgan fingerprint density at radius 1 is 1.57 bits per heavy atom. The van der Waals surface area contributed by atoms with Gasteiger partial charge in [0.1, 0.15) is 5.75 Å². The van der Waals surface area contributed by atoms with Crippen molar-refractivity contribution in [1.82, 2.24) is 14.8 Å². The number of methoxy groups -OCH3 is 1. The standard InChI is InChI=1S/C12H12ClN3O4S/c1-20-9-4-2-3-8(13)7(9)5-16-11(19)14-15-12(16)21-6-10(17)18/h2-4H,5-6H2,1H3,(H,14,19)(H,17,18). The van der Waals surface area contributed by atoms with Crippen LogP contribution >= 0.6 is 23.4 Å². The van der Waals surface area contributed by atoms with Gasteiger partial charge in [0.2, 0.25) is 0 Å². The molecule has 0 radical (unpaired) electrons. The third-order valence-corrected chi connectivity index (χ3v) is 3.98. The Hall–Kier alpha value is -1.93. The molecule has 0 amide bonds. The van der Waals surface area contributed by atoms with Crippen LogP contribution < -0.4 is 10.4 Å². The van der Waals surface area contributed by atoms with Crippen LogP contribution in [-0.4, -0.2) is 38.7 Å². The van der Waals surface area contributed by atoms with Crippen LogP contribution in [0.3, 0.4) is 0 Å². The molecule has 112 valence electrons. The van der Waals surface area contributed by atoms with Crippen LogP contribution in [-0.2, 0) is 11.3 Å². The van der Waals surface area contributed by atoms with Crippen LogP contribution in [0.5, 0.6) is 5.75 Å². The van der Waals surface area contributed by atoms with E-state index in [0.29, 0.717) is 16.3 Å². The maximum Gasteiger partial charge on any atom is 0.344 e. The van der Waals surface area contributed by atoms with Crippen molar-refractivity contribution >= 4 is 29.3 Å².